The third kappa shape index (κ3) is 2.01. The van der Waals surface area contributed by atoms with E-state index in [2.05, 4.69) is 10.3 Å². The summed E-state index contributed by atoms with van der Waals surface area (Å²) in [4.78, 5) is 29.6. The van der Waals surface area contributed by atoms with Crippen LogP contribution in [0.3, 0.4) is 0 Å². The molecule has 1 aliphatic rings. The summed E-state index contributed by atoms with van der Waals surface area (Å²) in [7, 11) is 0. The number of rotatable bonds is 1. The van der Waals surface area contributed by atoms with Gasteiger partial charge in [0.2, 0.25) is 5.91 Å². The highest BCUT2D eigenvalue weighted by Gasteiger charge is 2.41. The van der Waals surface area contributed by atoms with Crippen LogP contribution in [-0.4, -0.2) is 40.3 Å². The van der Waals surface area contributed by atoms with Crippen molar-refractivity contribution in [2.24, 2.45) is 0 Å². The number of amides is 2. The van der Waals surface area contributed by atoms with Gasteiger partial charge in [-0.15, -0.1) is 0 Å². The Hall–Kier alpha value is -2.11. The first-order valence-electron chi connectivity index (χ1n) is 5.76. The Kier molecular flexibility index (Phi) is 2.94. The second-order valence-electron chi connectivity index (χ2n) is 4.72. The van der Waals surface area contributed by atoms with Gasteiger partial charge in [0, 0.05) is 13.1 Å². The maximum absolute atomic E-state index is 12.3. The van der Waals surface area contributed by atoms with Crippen LogP contribution in [0, 0.1) is 0 Å². The minimum absolute atomic E-state index is 0.161. The van der Waals surface area contributed by atoms with Crippen LogP contribution in [0.2, 0.25) is 0 Å². The quantitative estimate of drug-likeness (QED) is 0.733. The molecule has 1 fully saturated rings. The summed E-state index contributed by atoms with van der Waals surface area (Å²) >= 11 is 0. The van der Waals surface area contributed by atoms with Crippen molar-refractivity contribution >= 4 is 17.6 Å². The number of aromatic nitrogens is 1. The van der Waals surface area contributed by atoms with Gasteiger partial charge in [-0.2, -0.15) is 0 Å². The van der Waals surface area contributed by atoms with Gasteiger partial charge in [-0.05, 0) is 26.0 Å². The van der Waals surface area contributed by atoms with Gasteiger partial charge < -0.3 is 16.0 Å². The number of hydrogen-bond donors (Lipinski definition) is 2. The molecule has 0 unspecified atom stereocenters. The highest BCUT2D eigenvalue weighted by Crippen LogP contribution is 2.20. The lowest BCUT2D eigenvalue weighted by atomic mass is 9.98. The van der Waals surface area contributed by atoms with Crippen molar-refractivity contribution in [3.63, 3.8) is 0 Å². The van der Waals surface area contributed by atoms with Crippen molar-refractivity contribution in [2.75, 3.05) is 18.8 Å². The molecule has 0 aliphatic carbocycles. The lowest BCUT2D eigenvalue weighted by Crippen LogP contribution is -2.63. The molecule has 0 aromatic carbocycles. The van der Waals surface area contributed by atoms with Gasteiger partial charge in [0.25, 0.3) is 5.91 Å². The van der Waals surface area contributed by atoms with Gasteiger partial charge in [0.1, 0.15) is 17.1 Å². The first-order valence-corrected chi connectivity index (χ1v) is 5.76. The third-order valence-corrected chi connectivity index (χ3v) is 3.09. The van der Waals surface area contributed by atoms with Crippen LogP contribution in [0.1, 0.15) is 24.3 Å². The highest BCUT2D eigenvalue weighted by molar-refractivity contribution is 5.98. The Morgan fingerprint density at radius 3 is 2.89 bits per heavy atom. The van der Waals surface area contributed by atoms with E-state index in [1.165, 1.54) is 4.90 Å². The first-order chi connectivity index (χ1) is 8.43. The molecular weight excluding hydrogens is 232 g/mol. The minimum atomic E-state index is -0.873. The molecule has 3 N–H and O–H groups in total. The zero-order valence-electron chi connectivity index (χ0n) is 10.4. The Bertz CT molecular complexity index is 499. The third-order valence-electron chi connectivity index (χ3n) is 3.09. The number of carbonyl (C=O) groups is 2. The summed E-state index contributed by atoms with van der Waals surface area (Å²) in [6.45, 7) is 4.35. The molecular formula is C12H16N4O2. The maximum atomic E-state index is 12.3. The van der Waals surface area contributed by atoms with Crippen molar-refractivity contribution in [1.82, 2.24) is 15.2 Å². The van der Waals surface area contributed by atoms with Crippen LogP contribution in [0.15, 0.2) is 18.2 Å². The molecule has 0 bridgehead atoms. The number of nitrogens with two attached hydrogens (primary N) is 1. The fourth-order valence-corrected chi connectivity index (χ4v) is 1.96. The monoisotopic (exact) mass is 248 g/mol. The van der Waals surface area contributed by atoms with Gasteiger partial charge in [0.15, 0.2) is 0 Å². The van der Waals surface area contributed by atoms with E-state index >= 15 is 0 Å². The van der Waals surface area contributed by atoms with Crippen molar-refractivity contribution in [3.05, 3.63) is 23.9 Å². The lowest BCUT2D eigenvalue weighted by Gasteiger charge is -2.40. The van der Waals surface area contributed by atoms with Crippen molar-refractivity contribution in [3.8, 4) is 0 Å². The average Bonchev–Trinajstić information content (AvgIpc) is 2.32. The van der Waals surface area contributed by atoms with Crippen LogP contribution in [0.4, 0.5) is 5.82 Å². The number of nitrogens with one attached hydrogen (secondary N) is 1. The zero-order chi connectivity index (χ0) is 13.3. The molecule has 0 saturated carbocycles. The fraction of sp³-hybridized carbons (Fsp3) is 0.417. The Morgan fingerprint density at radius 1 is 1.50 bits per heavy atom. The summed E-state index contributed by atoms with van der Waals surface area (Å²) in [6, 6.07) is 4.89. The molecule has 96 valence electrons. The predicted octanol–water partition coefficient (Wildman–Crippen LogP) is 0.0144. The van der Waals surface area contributed by atoms with Crippen molar-refractivity contribution in [1.29, 1.82) is 0 Å². The highest BCUT2D eigenvalue weighted by atomic mass is 16.2. The normalized spacial score (nSPS) is 18.3. The van der Waals surface area contributed by atoms with Crippen LogP contribution in [0.5, 0.6) is 0 Å². The Labute approximate surface area is 105 Å². The van der Waals surface area contributed by atoms with E-state index in [0.29, 0.717) is 18.9 Å². The summed E-state index contributed by atoms with van der Waals surface area (Å²) in [5.74, 6) is -0.145. The van der Waals surface area contributed by atoms with Crippen molar-refractivity contribution in [2.45, 2.75) is 19.4 Å². The van der Waals surface area contributed by atoms with Gasteiger partial charge in [-0.3, -0.25) is 9.59 Å². The second-order valence-corrected chi connectivity index (χ2v) is 4.72. The first kappa shape index (κ1) is 12.3. The number of carbonyl (C=O) groups excluding carboxylic acids is 2. The molecule has 1 aliphatic heterocycles. The van der Waals surface area contributed by atoms with E-state index in [-0.39, 0.29) is 17.5 Å². The molecule has 0 atom stereocenters. The van der Waals surface area contributed by atoms with E-state index in [1.54, 1.807) is 32.0 Å². The lowest BCUT2D eigenvalue weighted by molar-refractivity contribution is -0.133. The molecule has 0 spiro atoms. The molecule has 2 rings (SSSR count). The van der Waals surface area contributed by atoms with Gasteiger partial charge in [0.05, 0.1) is 0 Å². The zero-order valence-corrected chi connectivity index (χ0v) is 10.4. The van der Waals surface area contributed by atoms with Crippen LogP contribution < -0.4 is 11.1 Å². The molecule has 1 aromatic rings. The summed E-state index contributed by atoms with van der Waals surface area (Å²) in [6.07, 6.45) is 0. The number of piperazine rings is 1. The maximum Gasteiger partial charge on any atom is 0.273 e. The summed E-state index contributed by atoms with van der Waals surface area (Å²) in [5.41, 5.74) is 4.95. The van der Waals surface area contributed by atoms with E-state index in [4.69, 9.17) is 5.73 Å². The van der Waals surface area contributed by atoms with E-state index in [9.17, 15) is 9.59 Å². The largest absolute Gasteiger partial charge is 0.384 e. The average molecular weight is 248 g/mol. The van der Waals surface area contributed by atoms with Gasteiger partial charge in [-0.1, -0.05) is 6.07 Å². The molecule has 18 heavy (non-hydrogen) atoms. The second kappa shape index (κ2) is 4.29. The number of nitrogen functional groups attached to an aromatic ring is 1. The number of hydrogen-bond acceptors (Lipinski definition) is 4. The standard InChI is InChI=1S/C12H16N4O2/c1-12(2)11(18)14-6-7-16(12)10(17)8-4-3-5-9(13)15-8/h3-5H,6-7H2,1-2H3,(H2,13,15)(H,14,18). The predicted molar refractivity (Wildman–Crippen MR) is 66.8 cm³/mol. The SMILES string of the molecule is CC1(C)C(=O)NCCN1C(=O)c1cccc(N)n1. The molecule has 2 heterocycles. The van der Waals surface area contributed by atoms with Crippen LogP contribution in [-0.2, 0) is 4.79 Å². The summed E-state index contributed by atoms with van der Waals surface area (Å²) < 4.78 is 0. The van der Waals surface area contributed by atoms with Gasteiger partial charge >= 0.3 is 0 Å². The Balaban J connectivity index is 2.31. The number of pyridine rings is 1. The number of nitrogens with zero attached hydrogens (tertiary/aromatic N) is 2. The van der Waals surface area contributed by atoms with E-state index in [1.807, 2.05) is 0 Å². The van der Waals surface area contributed by atoms with E-state index in [0.717, 1.165) is 0 Å². The smallest absolute Gasteiger partial charge is 0.273 e. The Morgan fingerprint density at radius 2 is 2.22 bits per heavy atom. The topological polar surface area (TPSA) is 88.3 Å². The molecule has 6 nitrogen and oxygen atoms in total. The number of anilines is 1. The molecule has 1 aromatic heterocycles. The van der Waals surface area contributed by atoms with Crippen LogP contribution >= 0.6 is 0 Å². The van der Waals surface area contributed by atoms with Crippen LogP contribution in [0.25, 0.3) is 0 Å². The molecule has 6 heteroatoms. The molecule has 0 radical (unpaired) electrons. The fourth-order valence-electron chi connectivity index (χ4n) is 1.96. The minimum Gasteiger partial charge on any atom is -0.384 e. The summed E-state index contributed by atoms with van der Waals surface area (Å²) in [5, 5.41) is 2.74. The molecule has 1 saturated heterocycles. The van der Waals surface area contributed by atoms with Gasteiger partial charge in [-0.25, -0.2) is 4.98 Å². The van der Waals surface area contributed by atoms with Crippen molar-refractivity contribution < 1.29 is 9.59 Å². The van der Waals surface area contributed by atoms with E-state index < -0.39 is 5.54 Å². The molecule has 2 amide bonds.